The van der Waals surface area contributed by atoms with Gasteiger partial charge in [0.15, 0.2) is 0 Å². The molecule has 0 spiro atoms. The van der Waals surface area contributed by atoms with E-state index < -0.39 is 0 Å². The van der Waals surface area contributed by atoms with Gasteiger partial charge in [0.05, 0.1) is 0 Å². The Bertz CT molecular complexity index is 2230. The maximum Gasteiger partial charge on any atom is -0.00201 e. The molecule has 0 nitrogen and oxygen atoms in total. The van der Waals surface area contributed by atoms with Crippen LogP contribution < -0.4 is 0 Å². The fraction of sp³-hybridized carbons (Fsp3) is 0. The molecule has 0 aliphatic carbocycles. The van der Waals surface area contributed by atoms with E-state index in [0.717, 1.165) is 0 Å². The molecule has 0 aliphatic rings. The molecular weight excluding hydrogens is 480 g/mol. The van der Waals surface area contributed by atoms with Gasteiger partial charge in [-0.15, -0.1) is 0 Å². The molecule has 0 aromatic heterocycles. The number of fused-ring (bicyclic) bond motifs is 4. The topological polar surface area (TPSA) is 0 Å². The summed E-state index contributed by atoms with van der Waals surface area (Å²) >= 11 is 0. The molecular formula is C40H24. The Balaban J connectivity index is 1.35. The Kier molecular flexibility index (Phi) is 4.42. The van der Waals surface area contributed by atoms with Crippen LogP contribution in [0.1, 0.15) is 0 Å². The zero-order chi connectivity index (χ0) is 26.2. The van der Waals surface area contributed by atoms with Crippen molar-refractivity contribution in [2.24, 2.45) is 0 Å². The molecule has 0 bridgehead atoms. The first kappa shape index (κ1) is 21.7. The Hall–Kier alpha value is -5.20. The summed E-state index contributed by atoms with van der Waals surface area (Å²) < 4.78 is 0. The van der Waals surface area contributed by atoms with E-state index in [9.17, 15) is 0 Å². The highest BCUT2D eigenvalue weighted by Crippen LogP contribution is 2.45. The number of benzene rings is 9. The standard InChI is InChI=1S/C40H24/c1-3-9-27-23-29(17-15-25(27)7-1)31-19-21-37-36-14-6-12-34-32(30-18-16-26-8-2-4-10-28(26)24-30)20-22-38(40(34)36)35-13-5-11-33(31)39(35)37/h1-24H. The first-order chi connectivity index (χ1) is 19.8. The van der Waals surface area contributed by atoms with Gasteiger partial charge >= 0.3 is 0 Å². The van der Waals surface area contributed by atoms with Crippen LogP contribution in [-0.2, 0) is 0 Å². The first-order valence-electron chi connectivity index (χ1n) is 13.9. The number of rotatable bonds is 2. The molecule has 0 atom stereocenters. The van der Waals surface area contributed by atoms with Crippen molar-refractivity contribution in [1.82, 2.24) is 0 Å². The predicted molar refractivity (Wildman–Crippen MR) is 174 cm³/mol. The normalized spacial score (nSPS) is 12.0. The van der Waals surface area contributed by atoms with Crippen LogP contribution in [0.2, 0.25) is 0 Å². The van der Waals surface area contributed by atoms with Gasteiger partial charge in [-0.25, -0.2) is 0 Å². The van der Waals surface area contributed by atoms with Gasteiger partial charge in [-0.3, -0.25) is 0 Å². The third-order valence-electron chi connectivity index (χ3n) is 8.78. The first-order valence-corrected chi connectivity index (χ1v) is 13.9. The Morgan fingerprint density at radius 3 is 1.12 bits per heavy atom. The number of hydrogen-bond donors (Lipinski definition) is 0. The average Bonchev–Trinajstić information content (AvgIpc) is 3.02. The van der Waals surface area contributed by atoms with Gasteiger partial charge in [0.25, 0.3) is 0 Å². The van der Waals surface area contributed by atoms with Crippen molar-refractivity contribution in [3.05, 3.63) is 146 Å². The average molecular weight is 505 g/mol. The minimum atomic E-state index is 1.26. The van der Waals surface area contributed by atoms with Crippen molar-refractivity contribution >= 4 is 64.6 Å². The third-order valence-corrected chi connectivity index (χ3v) is 8.78. The fourth-order valence-corrected chi connectivity index (χ4v) is 6.93. The molecule has 0 radical (unpaired) electrons. The van der Waals surface area contributed by atoms with Gasteiger partial charge in [-0.2, -0.15) is 0 Å². The zero-order valence-electron chi connectivity index (χ0n) is 21.9. The molecule has 0 amide bonds. The second-order valence-corrected chi connectivity index (χ2v) is 10.9. The lowest BCUT2D eigenvalue weighted by atomic mass is 9.85. The van der Waals surface area contributed by atoms with Crippen LogP contribution in [0.4, 0.5) is 0 Å². The van der Waals surface area contributed by atoms with Crippen molar-refractivity contribution < 1.29 is 0 Å². The van der Waals surface area contributed by atoms with E-state index in [4.69, 9.17) is 0 Å². The van der Waals surface area contributed by atoms with E-state index in [1.807, 2.05) is 0 Å². The van der Waals surface area contributed by atoms with Crippen LogP contribution in [0.15, 0.2) is 146 Å². The van der Waals surface area contributed by atoms with Gasteiger partial charge in [0.1, 0.15) is 0 Å². The molecule has 0 saturated carbocycles. The van der Waals surface area contributed by atoms with Crippen molar-refractivity contribution in [2.45, 2.75) is 0 Å². The van der Waals surface area contributed by atoms with E-state index in [0.29, 0.717) is 0 Å². The highest BCUT2D eigenvalue weighted by atomic mass is 14.2. The van der Waals surface area contributed by atoms with Crippen LogP contribution in [0.5, 0.6) is 0 Å². The molecule has 9 aromatic carbocycles. The Labute approximate surface area is 232 Å². The maximum absolute atomic E-state index is 2.34. The quantitative estimate of drug-likeness (QED) is 0.162. The summed E-state index contributed by atoms with van der Waals surface area (Å²) in [4.78, 5) is 0. The molecule has 0 heterocycles. The van der Waals surface area contributed by atoms with E-state index in [2.05, 4.69) is 146 Å². The molecule has 184 valence electrons. The van der Waals surface area contributed by atoms with Crippen LogP contribution in [0.25, 0.3) is 86.9 Å². The van der Waals surface area contributed by atoms with E-state index in [1.54, 1.807) is 0 Å². The number of hydrogen-bond acceptors (Lipinski definition) is 0. The van der Waals surface area contributed by atoms with Crippen molar-refractivity contribution in [1.29, 1.82) is 0 Å². The van der Waals surface area contributed by atoms with Crippen molar-refractivity contribution in [3.63, 3.8) is 0 Å². The molecule has 0 N–H and O–H groups in total. The Morgan fingerprint density at radius 1 is 0.250 bits per heavy atom. The minimum Gasteiger partial charge on any atom is -0.0616 e. The van der Waals surface area contributed by atoms with Gasteiger partial charge < -0.3 is 0 Å². The molecule has 9 rings (SSSR count). The molecule has 0 fully saturated rings. The molecule has 0 saturated heterocycles. The van der Waals surface area contributed by atoms with Crippen LogP contribution >= 0.6 is 0 Å². The van der Waals surface area contributed by atoms with Gasteiger partial charge in [-0.1, -0.05) is 133 Å². The summed E-state index contributed by atoms with van der Waals surface area (Å²) in [6.45, 7) is 0. The predicted octanol–water partition coefficient (Wildman–Crippen LogP) is 11.4. The highest BCUT2D eigenvalue weighted by Gasteiger charge is 2.17. The van der Waals surface area contributed by atoms with Crippen LogP contribution in [-0.4, -0.2) is 0 Å². The summed E-state index contributed by atoms with van der Waals surface area (Å²) in [6, 6.07) is 53.8. The zero-order valence-corrected chi connectivity index (χ0v) is 21.9. The summed E-state index contributed by atoms with van der Waals surface area (Å²) in [6.07, 6.45) is 0. The third kappa shape index (κ3) is 3.02. The molecule has 9 aromatic rings. The molecule has 0 unspecified atom stereocenters. The highest BCUT2D eigenvalue weighted by molar-refractivity contribution is 6.35. The SMILES string of the molecule is c1ccc2cc(-c3ccc4c5cccc6c(-c7ccc8ccccc8c7)ccc(c7cccc3c74)c65)ccc2c1. The molecule has 40 heavy (non-hydrogen) atoms. The van der Waals surface area contributed by atoms with E-state index >= 15 is 0 Å². The van der Waals surface area contributed by atoms with Crippen molar-refractivity contribution in [2.75, 3.05) is 0 Å². The Morgan fingerprint density at radius 2 is 0.650 bits per heavy atom. The fourth-order valence-electron chi connectivity index (χ4n) is 6.93. The lowest BCUT2D eigenvalue weighted by molar-refractivity contribution is 1.69. The van der Waals surface area contributed by atoms with Crippen LogP contribution in [0, 0.1) is 0 Å². The summed E-state index contributed by atoms with van der Waals surface area (Å²) in [5.41, 5.74) is 5.10. The van der Waals surface area contributed by atoms with Crippen LogP contribution in [0.3, 0.4) is 0 Å². The molecule has 0 heteroatoms. The van der Waals surface area contributed by atoms with Gasteiger partial charge in [0.2, 0.25) is 0 Å². The summed E-state index contributed by atoms with van der Waals surface area (Å²) in [5, 5.41) is 15.7. The second-order valence-electron chi connectivity index (χ2n) is 10.9. The largest absolute Gasteiger partial charge is 0.0616 e. The monoisotopic (exact) mass is 504 g/mol. The van der Waals surface area contributed by atoms with E-state index in [-0.39, 0.29) is 0 Å². The van der Waals surface area contributed by atoms with Gasteiger partial charge in [0, 0.05) is 0 Å². The summed E-state index contributed by atoms with van der Waals surface area (Å²) in [5.74, 6) is 0. The van der Waals surface area contributed by atoms with Gasteiger partial charge in [-0.05, 0) is 99.0 Å². The second kappa shape index (κ2) is 8.15. The maximum atomic E-state index is 2.34. The lowest BCUT2D eigenvalue weighted by Gasteiger charge is -2.18. The minimum absolute atomic E-state index is 1.26. The van der Waals surface area contributed by atoms with E-state index in [1.165, 1.54) is 86.9 Å². The lowest BCUT2D eigenvalue weighted by Crippen LogP contribution is -1.91. The van der Waals surface area contributed by atoms with Crippen molar-refractivity contribution in [3.8, 4) is 22.3 Å². The smallest absolute Gasteiger partial charge is 0.00201 e. The summed E-state index contributed by atoms with van der Waals surface area (Å²) in [7, 11) is 0. The molecule has 0 aliphatic heterocycles.